The Kier molecular flexibility index (Phi) is 12.9. The van der Waals surface area contributed by atoms with Gasteiger partial charge in [-0.1, -0.05) is 60.5 Å². The number of benzene rings is 2. The average molecular weight is 718 g/mol. The van der Waals surface area contributed by atoms with Gasteiger partial charge < -0.3 is 38.9 Å². The number of carbonyl (C=O) groups excluding carboxylic acids is 1. The lowest BCUT2D eigenvalue weighted by atomic mass is 9.55. The molecule has 6 rings (SSSR count). The number of unbranched alkanes of at least 4 members (excludes halogenated alkanes) is 2. The van der Waals surface area contributed by atoms with Gasteiger partial charge in [0.25, 0.3) is 0 Å². The normalized spacial score (nSPS) is 26.7. The molecule has 1 saturated heterocycles. The van der Waals surface area contributed by atoms with Crippen LogP contribution in [-0.2, 0) is 20.9 Å². The summed E-state index contributed by atoms with van der Waals surface area (Å²) in [6.45, 7) is 8.42. The van der Waals surface area contributed by atoms with Gasteiger partial charge in [0, 0.05) is 57.8 Å². The molecule has 0 radical (unpaired) electrons. The smallest absolute Gasteiger partial charge is 0.409 e. The fourth-order valence-electron chi connectivity index (χ4n) is 8.43. The van der Waals surface area contributed by atoms with E-state index in [0.29, 0.717) is 38.2 Å². The molecule has 2 aliphatic heterocycles. The summed E-state index contributed by atoms with van der Waals surface area (Å²) >= 11 is 0. The summed E-state index contributed by atoms with van der Waals surface area (Å²) in [6, 6.07) is 15.3. The highest BCUT2D eigenvalue weighted by Crippen LogP contribution is 2.61. The third-order valence-corrected chi connectivity index (χ3v) is 11.0. The molecule has 0 unspecified atom stereocenters. The monoisotopic (exact) mass is 717 g/mol. The van der Waals surface area contributed by atoms with Gasteiger partial charge in [-0.05, 0) is 66.9 Å². The zero-order valence-electron chi connectivity index (χ0n) is 30.7. The molecular formula is C41H55N3O8. The van der Waals surface area contributed by atoms with E-state index in [1.54, 1.807) is 18.0 Å². The van der Waals surface area contributed by atoms with E-state index in [-0.39, 0.29) is 43.5 Å². The van der Waals surface area contributed by atoms with Gasteiger partial charge in [-0.3, -0.25) is 4.90 Å². The third-order valence-electron chi connectivity index (χ3n) is 11.0. The van der Waals surface area contributed by atoms with E-state index in [1.807, 2.05) is 42.5 Å². The summed E-state index contributed by atoms with van der Waals surface area (Å²) in [5.41, 5.74) is 3.76. The summed E-state index contributed by atoms with van der Waals surface area (Å²) in [4.78, 5) is 23.3. The van der Waals surface area contributed by atoms with E-state index in [2.05, 4.69) is 23.6 Å². The van der Waals surface area contributed by atoms with Gasteiger partial charge in [0.1, 0.15) is 30.8 Å². The predicted molar refractivity (Wildman–Crippen MR) is 198 cm³/mol. The van der Waals surface area contributed by atoms with Gasteiger partial charge in [-0.25, -0.2) is 4.79 Å². The number of hydrogen-bond donors (Lipinski definition) is 2. The first-order valence-electron chi connectivity index (χ1n) is 18.8. The number of oxime groups is 1. The second-order valence-corrected chi connectivity index (χ2v) is 14.3. The maximum absolute atomic E-state index is 13.4. The molecule has 4 aliphatic rings. The number of nitrogens with zero attached hydrogens (tertiary/aromatic N) is 3. The molecule has 2 aromatic rings. The molecule has 6 atom stereocenters. The molecule has 0 aromatic heterocycles. The Labute approximate surface area is 307 Å². The Morgan fingerprint density at radius 2 is 1.87 bits per heavy atom. The summed E-state index contributed by atoms with van der Waals surface area (Å²) in [5.74, 6) is -0.0616. The summed E-state index contributed by atoms with van der Waals surface area (Å²) < 4.78 is 25.6. The Bertz CT molecular complexity index is 1560. The Balaban J connectivity index is 1.51. The van der Waals surface area contributed by atoms with Gasteiger partial charge in [0.15, 0.2) is 0 Å². The van der Waals surface area contributed by atoms with Crippen LogP contribution in [0.4, 0.5) is 4.79 Å². The third kappa shape index (κ3) is 8.33. The topological polar surface area (TPSA) is 122 Å². The van der Waals surface area contributed by atoms with Gasteiger partial charge in [0.05, 0.1) is 25.3 Å². The van der Waals surface area contributed by atoms with Gasteiger partial charge in [-0.15, -0.1) is 6.58 Å². The molecular weight excluding hydrogens is 662 g/mol. The summed E-state index contributed by atoms with van der Waals surface area (Å²) in [6.07, 6.45) is 8.70. The van der Waals surface area contributed by atoms with E-state index in [4.69, 9.17) is 28.9 Å². The molecule has 2 aliphatic carbocycles. The highest BCUT2D eigenvalue weighted by molar-refractivity contribution is 6.02. The minimum atomic E-state index is -1.31. The van der Waals surface area contributed by atoms with Gasteiger partial charge in [-0.2, -0.15) is 0 Å². The Hall–Kier alpha value is -3.90. The number of fused-ring (bicyclic) bond motifs is 2. The summed E-state index contributed by atoms with van der Waals surface area (Å²) in [5, 5.41) is 24.4. The number of methoxy groups -OCH3 is 1. The van der Waals surface area contributed by atoms with Crippen LogP contribution < -0.4 is 9.47 Å². The number of carbonyl (C=O) groups is 1. The lowest BCUT2D eigenvalue weighted by Crippen LogP contribution is -2.69. The summed E-state index contributed by atoms with van der Waals surface area (Å²) in [7, 11) is 3.09. The van der Waals surface area contributed by atoms with Crippen molar-refractivity contribution in [3.63, 3.8) is 0 Å². The molecule has 0 spiro atoms. The van der Waals surface area contributed by atoms with Crippen LogP contribution in [0.1, 0.15) is 62.0 Å². The maximum Gasteiger partial charge on any atom is 0.409 e. The number of amides is 1. The maximum atomic E-state index is 13.4. The first-order chi connectivity index (χ1) is 25.4. The Morgan fingerprint density at radius 3 is 2.58 bits per heavy atom. The minimum absolute atomic E-state index is 0.115. The Morgan fingerprint density at radius 1 is 1.10 bits per heavy atom. The molecule has 0 bridgehead atoms. The van der Waals surface area contributed by atoms with Crippen molar-refractivity contribution in [2.45, 2.75) is 69.3 Å². The fraction of sp³-hybridized carbons (Fsp3) is 0.561. The number of aliphatic hydroxyl groups excluding tert-OH is 2. The SMILES string of the molecule is C=CCO[C@@]12Oc3ccc(OCCN4CC4)cc3[C@H]3[C@H](CCCCO)[C@@H](CCCCO)C=C(C(=NOCc4ccccc4)C[C@@H]1N(C)C(=O)OC)[C@H]32. The zero-order valence-corrected chi connectivity index (χ0v) is 30.7. The quantitative estimate of drug-likeness (QED) is 0.0791. The number of likely N-dealkylation sites (N-methyl/N-ethyl adjacent to an activating group) is 1. The molecule has 2 fully saturated rings. The minimum Gasteiger partial charge on any atom is -0.492 e. The average Bonchev–Trinajstić information content (AvgIpc) is 4.00. The number of hydrogen-bond acceptors (Lipinski definition) is 10. The molecule has 2 N–H and O–H groups in total. The molecule has 2 heterocycles. The van der Waals surface area contributed by atoms with Gasteiger partial charge in [0.2, 0.25) is 5.79 Å². The lowest BCUT2D eigenvalue weighted by molar-refractivity contribution is -0.253. The highest BCUT2D eigenvalue weighted by atomic mass is 16.7. The van der Waals surface area contributed by atoms with Crippen LogP contribution >= 0.6 is 0 Å². The second-order valence-electron chi connectivity index (χ2n) is 14.3. The van der Waals surface area contributed by atoms with Gasteiger partial charge >= 0.3 is 6.09 Å². The van der Waals surface area contributed by atoms with Crippen molar-refractivity contribution >= 4 is 11.8 Å². The highest BCUT2D eigenvalue weighted by Gasteiger charge is 2.65. The van der Waals surface area contributed by atoms with Crippen molar-refractivity contribution in [2.75, 3.05) is 60.2 Å². The first-order valence-corrected chi connectivity index (χ1v) is 18.8. The van der Waals surface area contributed by atoms with Crippen molar-refractivity contribution in [1.29, 1.82) is 0 Å². The van der Waals surface area contributed by atoms with Crippen LogP contribution in [0.3, 0.4) is 0 Å². The first kappa shape index (κ1) is 37.8. The number of allylic oxidation sites excluding steroid dienone is 1. The molecule has 282 valence electrons. The predicted octanol–water partition coefficient (Wildman–Crippen LogP) is 5.91. The van der Waals surface area contributed by atoms with E-state index in [9.17, 15) is 15.0 Å². The van der Waals surface area contributed by atoms with Crippen molar-refractivity contribution in [1.82, 2.24) is 9.80 Å². The fourth-order valence-corrected chi connectivity index (χ4v) is 8.43. The molecule has 11 nitrogen and oxygen atoms in total. The molecule has 52 heavy (non-hydrogen) atoms. The van der Waals surface area contributed by atoms with Crippen LogP contribution in [0.15, 0.2) is 78.0 Å². The lowest BCUT2D eigenvalue weighted by Gasteiger charge is -2.59. The molecule has 1 saturated carbocycles. The van der Waals surface area contributed by atoms with Crippen LogP contribution in [0.2, 0.25) is 0 Å². The van der Waals surface area contributed by atoms with E-state index in [0.717, 1.165) is 73.5 Å². The largest absolute Gasteiger partial charge is 0.492 e. The second kappa shape index (κ2) is 17.7. The van der Waals surface area contributed by atoms with Crippen molar-refractivity contribution in [3.8, 4) is 11.5 Å². The van der Waals surface area contributed by atoms with Crippen LogP contribution in [0.5, 0.6) is 11.5 Å². The molecule has 11 heteroatoms. The van der Waals surface area contributed by atoms with E-state index in [1.165, 1.54) is 7.11 Å². The van der Waals surface area contributed by atoms with Crippen molar-refractivity contribution in [2.24, 2.45) is 22.9 Å². The molecule has 1 amide bonds. The van der Waals surface area contributed by atoms with Crippen LogP contribution in [-0.4, -0.2) is 104 Å². The zero-order chi connectivity index (χ0) is 36.5. The van der Waals surface area contributed by atoms with Crippen LogP contribution in [0.25, 0.3) is 0 Å². The molecule has 2 aromatic carbocycles. The number of ether oxygens (including phenoxy) is 4. The van der Waals surface area contributed by atoms with E-state index < -0.39 is 17.9 Å². The number of aliphatic hydroxyl groups is 2. The van der Waals surface area contributed by atoms with Crippen LogP contribution in [0, 0.1) is 17.8 Å². The van der Waals surface area contributed by atoms with E-state index >= 15 is 0 Å². The number of rotatable bonds is 19. The van der Waals surface area contributed by atoms with Crippen molar-refractivity contribution < 1.29 is 38.8 Å². The van der Waals surface area contributed by atoms with Crippen molar-refractivity contribution in [3.05, 3.63) is 84.0 Å². The standard InChI is InChI=1S/C41H55N3O8/c1-4-23-50-41-37(43(2)40(47)48-3)27-35(42-51-28-29-12-6-5-7-13-29)33-25-30(14-8-10-21-45)32(15-9-11-22-46)38(39(33)41)34-26-31(16-17-36(34)52-41)49-24-20-44-18-19-44/h4-7,12-13,16-17,25-26,30,32,37-39,45-46H,1,8-11,14-15,18-24,27-28H2,2-3H3/t30-,32+,37-,38+,39+,41+/m0/s1.